The highest BCUT2D eigenvalue weighted by Gasteiger charge is 2.23. The second-order valence-electron chi connectivity index (χ2n) is 3.68. The maximum Gasteiger partial charge on any atom is 0.227 e. The maximum atomic E-state index is 11.5. The van der Waals surface area contributed by atoms with Crippen LogP contribution < -0.4 is 0 Å². The smallest absolute Gasteiger partial charge is 0.227 e. The molecule has 0 spiro atoms. The van der Waals surface area contributed by atoms with Crippen molar-refractivity contribution < 1.29 is 13.2 Å². The van der Waals surface area contributed by atoms with E-state index in [0.717, 1.165) is 19.3 Å². The highest BCUT2D eigenvalue weighted by molar-refractivity contribution is 7.89. The summed E-state index contributed by atoms with van der Waals surface area (Å²) < 4.78 is 29.6. The summed E-state index contributed by atoms with van der Waals surface area (Å²) in [5.74, 6) is -0.462. The van der Waals surface area contributed by atoms with Gasteiger partial charge < -0.3 is 4.74 Å². The molecule has 1 saturated heterocycles. The van der Waals surface area contributed by atoms with Gasteiger partial charge in [0.2, 0.25) is 10.0 Å². The van der Waals surface area contributed by atoms with E-state index in [1.165, 1.54) is 11.4 Å². The minimum absolute atomic E-state index is 0.0165. The van der Waals surface area contributed by atoms with Crippen molar-refractivity contribution in [2.24, 2.45) is 0 Å². The van der Waals surface area contributed by atoms with Crippen molar-refractivity contribution in [3.05, 3.63) is 0 Å². The molecule has 1 heterocycles. The van der Waals surface area contributed by atoms with Gasteiger partial charge in [-0.3, -0.25) is 0 Å². The fourth-order valence-electron chi connectivity index (χ4n) is 1.54. The number of likely N-dealkylation sites (N-methyl/N-ethyl adjacent to an activating group) is 1. The Kier molecular flexibility index (Phi) is 4.51. The van der Waals surface area contributed by atoms with Gasteiger partial charge in [-0.15, -0.1) is 0 Å². The van der Waals surface area contributed by atoms with Gasteiger partial charge in [-0.2, -0.15) is 5.26 Å². The van der Waals surface area contributed by atoms with Crippen LogP contribution in [0.5, 0.6) is 0 Å². The molecule has 1 fully saturated rings. The number of nitrogens with zero attached hydrogens (tertiary/aromatic N) is 2. The normalized spacial score (nSPS) is 22.6. The first-order valence-electron chi connectivity index (χ1n) is 4.99. The van der Waals surface area contributed by atoms with Crippen LogP contribution in [0, 0.1) is 11.3 Å². The highest BCUT2D eigenvalue weighted by atomic mass is 32.2. The Balaban J connectivity index is 2.47. The van der Waals surface area contributed by atoms with E-state index in [2.05, 4.69) is 0 Å². The number of ether oxygens (including phenoxy) is 1. The molecule has 15 heavy (non-hydrogen) atoms. The van der Waals surface area contributed by atoms with Crippen LogP contribution in [-0.2, 0) is 14.8 Å². The van der Waals surface area contributed by atoms with Crippen molar-refractivity contribution >= 4 is 10.0 Å². The van der Waals surface area contributed by atoms with E-state index in [4.69, 9.17) is 10.00 Å². The molecule has 1 rings (SSSR count). The predicted molar refractivity (Wildman–Crippen MR) is 55.6 cm³/mol. The molecule has 1 atom stereocenters. The van der Waals surface area contributed by atoms with E-state index in [1.807, 2.05) is 0 Å². The van der Waals surface area contributed by atoms with Crippen molar-refractivity contribution in [3.63, 3.8) is 0 Å². The zero-order valence-corrected chi connectivity index (χ0v) is 9.66. The van der Waals surface area contributed by atoms with Crippen LogP contribution in [0.25, 0.3) is 0 Å². The van der Waals surface area contributed by atoms with Crippen molar-refractivity contribution in [1.29, 1.82) is 5.26 Å². The molecule has 1 aliphatic rings. The Morgan fingerprint density at radius 2 is 2.27 bits per heavy atom. The molecule has 0 aromatic carbocycles. The molecule has 0 aliphatic carbocycles. The van der Waals surface area contributed by atoms with E-state index in [9.17, 15) is 8.42 Å². The van der Waals surface area contributed by atoms with E-state index >= 15 is 0 Å². The fraction of sp³-hybridized carbons (Fsp3) is 0.889. The lowest BCUT2D eigenvalue weighted by molar-refractivity contribution is 0.00862. The van der Waals surface area contributed by atoms with Crippen molar-refractivity contribution in [2.45, 2.75) is 25.4 Å². The highest BCUT2D eigenvalue weighted by Crippen LogP contribution is 2.14. The minimum Gasteiger partial charge on any atom is -0.377 e. The van der Waals surface area contributed by atoms with Crippen molar-refractivity contribution in [1.82, 2.24) is 4.31 Å². The number of sulfonamides is 1. The van der Waals surface area contributed by atoms with Crippen LogP contribution in [0.4, 0.5) is 0 Å². The third kappa shape index (κ3) is 3.78. The number of nitriles is 1. The molecular formula is C9H16N2O3S. The fourth-order valence-corrected chi connectivity index (χ4v) is 2.32. The standard InChI is InChI=1S/C9H16N2O3S/c1-11(15(12,13)7-5-10)8-9-4-2-3-6-14-9/h9H,2-4,6-8H2,1H3. The Labute approximate surface area is 90.7 Å². The Hall–Kier alpha value is -0.640. The van der Waals surface area contributed by atoms with Gasteiger partial charge in [-0.25, -0.2) is 12.7 Å². The average molecular weight is 232 g/mol. The number of hydrogen-bond donors (Lipinski definition) is 0. The SMILES string of the molecule is CN(CC1CCCCO1)S(=O)(=O)CC#N. The summed E-state index contributed by atoms with van der Waals surface area (Å²) in [5, 5.41) is 8.37. The molecule has 0 saturated carbocycles. The van der Waals surface area contributed by atoms with Gasteiger partial charge in [0.25, 0.3) is 0 Å². The van der Waals surface area contributed by atoms with E-state index in [0.29, 0.717) is 13.2 Å². The molecule has 0 radical (unpaired) electrons. The van der Waals surface area contributed by atoms with Crippen molar-refractivity contribution in [2.75, 3.05) is 26.0 Å². The van der Waals surface area contributed by atoms with Crippen LogP contribution in [0.1, 0.15) is 19.3 Å². The molecule has 1 aliphatic heterocycles. The molecule has 5 nitrogen and oxygen atoms in total. The zero-order valence-electron chi connectivity index (χ0n) is 8.85. The van der Waals surface area contributed by atoms with Gasteiger partial charge >= 0.3 is 0 Å². The van der Waals surface area contributed by atoms with Gasteiger partial charge in [-0.05, 0) is 19.3 Å². The number of rotatable bonds is 4. The summed E-state index contributed by atoms with van der Waals surface area (Å²) in [5.41, 5.74) is 0. The minimum atomic E-state index is -3.42. The Morgan fingerprint density at radius 3 is 2.80 bits per heavy atom. The monoisotopic (exact) mass is 232 g/mol. The van der Waals surface area contributed by atoms with E-state index in [1.54, 1.807) is 6.07 Å². The molecule has 0 N–H and O–H groups in total. The predicted octanol–water partition coefficient (Wildman–Crippen LogP) is 0.341. The molecule has 0 amide bonds. The summed E-state index contributed by atoms with van der Waals surface area (Å²) in [6.07, 6.45) is 3.01. The Bertz CT molecular complexity index is 328. The maximum absolute atomic E-state index is 11.5. The molecule has 6 heteroatoms. The van der Waals surface area contributed by atoms with Gasteiger partial charge in [0.15, 0.2) is 5.75 Å². The first-order valence-corrected chi connectivity index (χ1v) is 6.60. The van der Waals surface area contributed by atoms with Gasteiger partial charge in [0, 0.05) is 20.2 Å². The van der Waals surface area contributed by atoms with Crippen molar-refractivity contribution in [3.8, 4) is 6.07 Å². The van der Waals surface area contributed by atoms with E-state index in [-0.39, 0.29) is 6.10 Å². The quantitative estimate of drug-likeness (QED) is 0.701. The van der Waals surface area contributed by atoms with Gasteiger partial charge in [0.1, 0.15) is 0 Å². The van der Waals surface area contributed by atoms with E-state index < -0.39 is 15.8 Å². The summed E-state index contributed by atoms with van der Waals surface area (Å²) in [7, 11) is -1.93. The largest absolute Gasteiger partial charge is 0.377 e. The number of hydrogen-bond acceptors (Lipinski definition) is 4. The second-order valence-corrected chi connectivity index (χ2v) is 5.76. The molecule has 0 bridgehead atoms. The third-order valence-corrected chi connectivity index (χ3v) is 4.05. The summed E-state index contributed by atoms with van der Waals surface area (Å²) in [6, 6.07) is 1.66. The third-order valence-electron chi connectivity index (χ3n) is 2.46. The molecule has 0 aromatic heterocycles. The zero-order chi connectivity index (χ0) is 11.3. The lowest BCUT2D eigenvalue weighted by Crippen LogP contribution is -2.38. The molecule has 1 unspecified atom stereocenters. The first-order chi connectivity index (χ1) is 7.06. The Morgan fingerprint density at radius 1 is 1.53 bits per heavy atom. The van der Waals surface area contributed by atoms with Gasteiger partial charge in [-0.1, -0.05) is 0 Å². The van der Waals surface area contributed by atoms with Crippen LogP contribution in [0.2, 0.25) is 0 Å². The molecule has 86 valence electrons. The summed E-state index contributed by atoms with van der Waals surface area (Å²) >= 11 is 0. The lowest BCUT2D eigenvalue weighted by atomic mass is 10.1. The average Bonchev–Trinajstić information content (AvgIpc) is 2.19. The lowest BCUT2D eigenvalue weighted by Gasteiger charge is -2.26. The van der Waals surface area contributed by atoms with Gasteiger partial charge in [0.05, 0.1) is 12.2 Å². The summed E-state index contributed by atoms with van der Waals surface area (Å²) in [6.45, 7) is 1.06. The van der Waals surface area contributed by atoms with Crippen LogP contribution in [-0.4, -0.2) is 44.8 Å². The van der Waals surface area contributed by atoms with Crippen LogP contribution >= 0.6 is 0 Å². The van der Waals surface area contributed by atoms with Crippen LogP contribution in [0.3, 0.4) is 0 Å². The molecule has 0 aromatic rings. The second kappa shape index (κ2) is 5.45. The first kappa shape index (κ1) is 12.4. The summed E-state index contributed by atoms with van der Waals surface area (Å²) in [4.78, 5) is 0. The molecular weight excluding hydrogens is 216 g/mol. The topological polar surface area (TPSA) is 70.4 Å². The van der Waals surface area contributed by atoms with Crippen LogP contribution in [0.15, 0.2) is 0 Å².